The van der Waals surface area contributed by atoms with Crippen LogP contribution in [0.5, 0.6) is 0 Å². The molecule has 2 amide bonds. The molecule has 3 atom stereocenters. The van der Waals surface area contributed by atoms with E-state index in [2.05, 4.69) is 34.9 Å². The number of carboxylic acids is 1. The van der Waals surface area contributed by atoms with E-state index in [9.17, 15) is 19.5 Å². The summed E-state index contributed by atoms with van der Waals surface area (Å²) in [5, 5.41) is 15.1. The molecule has 0 radical (unpaired) electrons. The van der Waals surface area contributed by atoms with Crippen molar-refractivity contribution in [2.75, 3.05) is 6.61 Å². The Kier molecular flexibility index (Phi) is 7.15. The van der Waals surface area contributed by atoms with Crippen LogP contribution in [0.1, 0.15) is 63.5 Å². The summed E-state index contributed by atoms with van der Waals surface area (Å²) in [7, 11) is 0. The normalized spacial score (nSPS) is 20.3. The van der Waals surface area contributed by atoms with Gasteiger partial charge in [-0.15, -0.1) is 0 Å². The van der Waals surface area contributed by atoms with E-state index in [1.807, 2.05) is 24.3 Å². The van der Waals surface area contributed by atoms with Gasteiger partial charge in [-0.1, -0.05) is 75.7 Å². The van der Waals surface area contributed by atoms with E-state index in [-0.39, 0.29) is 30.4 Å². The monoisotopic (exact) mass is 478 g/mol. The highest BCUT2D eigenvalue weighted by molar-refractivity contribution is 5.85. The molecular weight excluding hydrogens is 444 g/mol. The molecule has 1 saturated carbocycles. The second-order valence-electron chi connectivity index (χ2n) is 10.7. The molecule has 0 aliphatic heterocycles. The van der Waals surface area contributed by atoms with Crippen molar-refractivity contribution < 1.29 is 24.2 Å². The van der Waals surface area contributed by atoms with Crippen molar-refractivity contribution in [3.8, 4) is 11.1 Å². The zero-order valence-electron chi connectivity index (χ0n) is 20.5. The van der Waals surface area contributed by atoms with Gasteiger partial charge in [0.2, 0.25) is 5.91 Å². The summed E-state index contributed by atoms with van der Waals surface area (Å²) in [6.07, 6.45) is 2.18. The first-order chi connectivity index (χ1) is 16.6. The fourth-order valence-corrected chi connectivity index (χ4v) is 5.27. The van der Waals surface area contributed by atoms with Crippen molar-refractivity contribution in [1.29, 1.82) is 0 Å². The fourth-order valence-electron chi connectivity index (χ4n) is 5.27. The molecule has 2 unspecified atom stereocenters. The smallest absolute Gasteiger partial charge is 0.407 e. The van der Waals surface area contributed by atoms with E-state index >= 15 is 0 Å². The molecule has 2 aliphatic carbocycles. The van der Waals surface area contributed by atoms with Crippen LogP contribution in [0.3, 0.4) is 0 Å². The summed E-state index contributed by atoms with van der Waals surface area (Å²) < 4.78 is 5.65. The Morgan fingerprint density at radius 2 is 1.60 bits per heavy atom. The topological polar surface area (TPSA) is 105 Å². The lowest BCUT2D eigenvalue weighted by Crippen LogP contribution is -2.52. The van der Waals surface area contributed by atoms with Crippen LogP contribution in [0.25, 0.3) is 11.1 Å². The van der Waals surface area contributed by atoms with Gasteiger partial charge in [-0.3, -0.25) is 4.79 Å². The van der Waals surface area contributed by atoms with Gasteiger partial charge < -0.3 is 20.5 Å². The molecule has 0 spiro atoms. The third-order valence-corrected chi connectivity index (χ3v) is 7.11. The van der Waals surface area contributed by atoms with Crippen LogP contribution in [0.2, 0.25) is 0 Å². The van der Waals surface area contributed by atoms with Crippen LogP contribution in [0, 0.1) is 11.3 Å². The number of amides is 2. The summed E-state index contributed by atoms with van der Waals surface area (Å²) in [6.45, 7) is 5.60. The molecule has 2 aromatic carbocycles. The van der Waals surface area contributed by atoms with Crippen LogP contribution in [-0.4, -0.2) is 41.8 Å². The minimum atomic E-state index is -1.05. The summed E-state index contributed by atoms with van der Waals surface area (Å²) >= 11 is 0. The molecule has 186 valence electrons. The summed E-state index contributed by atoms with van der Waals surface area (Å²) in [4.78, 5) is 37.1. The highest BCUT2D eigenvalue weighted by Crippen LogP contribution is 2.44. The van der Waals surface area contributed by atoms with E-state index in [1.54, 1.807) is 20.8 Å². The summed E-state index contributed by atoms with van der Waals surface area (Å²) in [5.74, 6) is -1.67. The Bertz CT molecular complexity index is 1060. The van der Waals surface area contributed by atoms with Crippen molar-refractivity contribution >= 4 is 18.0 Å². The molecule has 7 heteroatoms. The molecule has 0 heterocycles. The Morgan fingerprint density at radius 3 is 2.17 bits per heavy atom. The van der Waals surface area contributed by atoms with Gasteiger partial charge >= 0.3 is 12.1 Å². The number of carbonyl (C=O) groups is 3. The number of carbonyl (C=O) groups excluding carboxylic acids is 2. The molecule has 0 saturated heterocycles. The SMILES string of the molecule is CC(C)(C)[C@@H](NC(=O)C1CCCC(NC(=O)OCC2c3ccccc3-c3ccccc32)C1)C(=O)O. The number of alkyl carbamates (subject to hydrolysis) is 1. The summed E-state index contributed by atoms with van der Waals surface area (Å²) in [6, 6.07) is 15.2. The molecule has 1 fully saturated rings. The highest BCUT2D eigenvalue weighted by atomic mass is 16.5. The number of nitrogens with one attached hydrogen (secondary N) is 2. The first kappa shape index (κ1) is 24.8. The molecule has 3 N–H and O–H groups in total. The van der Waals surface area contributed by atoms with Gasteiger partial charge in [-0.25, -0.2) is 9.59 Å². The van der Waals surface area contributed by atoms with Gasteiger partial charge in [-0.2, -0.15) is 0 Å². The van der Waals surface area contributed by atoms with Crippen LogP contribution < -0.4 is 10.6 Å². The van der Waals surface area contributed by atoms with Crippen molar-refractivity contribution in [3.63, 3.8) is 0 Å². The number of ether oxygens (including phenoxy) is 1. The van der Waals surface area contributed by atoms with Crippen LogP contribution in [0.4, 0.5) is 4.79 Å². The zero-order chi connectivity index (χ0) is 25.2. The number of fused-ring (bicyclic) bond motifs is 3. The molecule has 0 bridgehead atoms. The van der Waals surface area contributed by atoms with Crippen LogP contribution in [-0.2, 0) is 14.3 Å². The number of hydrogen-bond donors (Lipinski definition) is 3. The lowest BCUT2D eigenvalue weighted by atomic mass is 9.83. The standard InChI is InChI=1S/C28H34N2O5/c1-28(2,3)24(26(32)33)30-25(31)17-9-8-10-18(15-17)29-27(34)35-16-23-21-13-6-4-11-19(21)20-12-5-7-14-22(20)23/h4-7,11-14,17-18,23-24H,8-10,15-16H2,1-3H3,(H,29,34)(H,30,31)(H,32,33)/t17?,18?,24-/m0/s1. The molecule has 35 heavy (non-hydrogen) atoms. The van der Waals surface area contributed by atoms with Gasteiger partial charge in [0, 0.05) is 17.9 Å². The molecule has 7 nitrogen and oxygen atoms in total. The van der Waals surface area contributed by atoms with Crippen molar-refractivity contribution in [1.82, 2.24) is 10.6 Å². The lowest BCUT2D eigenvalue weighted by molar-refractivity contribution is -0.145. The van der Waals surface area contributed by atoms with E-state index in [1.165, 1.54) is 11.1 Å². The van der Waals surface area contributed by atoms with Crippen LogP contribution in [0.15, 0.2) is 48.5 Å². The zero-order valence-corrected chi connectivity index (χ0v) is 20.5. The second-order valence-corrected chi connectivity index (χ2v) is 10.7. The van der Waals surface area contributed by atoms with E-state index < -0.39 is 23.5 Å². The van der Waals surface area contributed by atoms with Gasteiger partial charge in [0.1, 0.15) is 12.6 Å². The Morgan fingerprint density at radius 1 is 1.00 bits per heavy atom. The Balaban J connectivity index is 1.33. The largest absolute Gasteiger partial charge is 0.480 e. The maximum Gasteiger partial charge on any atom is 0.407 e. The predicted molar refractivity (Wildman–Crippen MR) is 133 cm³/mol. The maximum atomic E-state index is 12.8. The van der Waals surface area contributed by atoms with Gasteiger partial charge in [0.05, 0.1) is 0 Å². The number of rotatable bonds is 6. The number of benzene rings is 2. The molecule has 2 aromatic rings. The van der Waals surface area contributed by atoms with Crippen molar-refractivity contribution in [3.05, 3.63) is 59.7 Å². The first-order valence-electron chi connectivity index (χ1n) is 12.3. The van der Waals surface area contributed by atoms with E-state index in [0.717, 1.165) is 24.0 Å². The fraction of sp³-hybridized carbons (Fsp3) is 0.464. The number of aliphatic carboxylic acids is 1. The maximum absolute atomic E-state index is 12.8. The molecular formula is C28H34N2O5. The Labute approximate surface area is 206 Å². The lowest BCUT2D eigenvalue weighted by Gasteiger charge is -2.32. The van der Waals surface area contributed by atoms with E-state index in [4.69, 9.17) is 4.74 Å². The highest BCUT2D eigenvalue weighted by Gasteiger charge is 2.36. The quantitative estimate of drug-likeness (QED) is 0.558. The molecule has 4 rings (SSSR count). The third-order valence-electron chi connectivity index (χ3n) is 7.11. The average Bonchev–Trinajstić information content (AvgIpc) is 3.14. The second kappa shape index (κ2) is 10.1. The molecule has 2 aliphatic rings. The van der Waals surface area contributed by atoms with Crippen LogP contribution >= 0.6 is 0 Å². The Hall–Kier alpha value is -3.35. The minimum absolute atomic E-state index is 0.0108. The van der Waals surface area contributed by atoms with Crippen molar-refractivity contribution in [2.24, 2.45) is 11.3 Å². The summed E-state index contributed by atoms with van der Waals surface area (Å²) in [5.41, 5.74) is 4.06. The van der Waals surface area contributed by atoms with Gasteiger partial charge in [0.25, 0.3) is 0 Å². The molecule has 0 aromatic heterocycles. The first-order valence-corrected chi connectivity index (χ1v) is 12.3. The minimum Gasteiger partial charge on any atom is -0.480 e. The van der Waals surface area contributed by atoms with Crippen molar-refractivity contribution in [2.45, 2.75) is 64.5 Å². The van der Waals surface area contributed by atoms with Gasteiger partial charge in [0.15, 0.2) is 0 Å². The number of hydrogen-bond acceptors (Lipinski definition) is 4. The third kappa shape index (κ3) is 5.50. The predicted octanol–water partition coefficient (Wildman–Crippen LogP) is 4.70. The average molecular weight is 479 g/mol. The number of carboxylic acid groups (broad SMARTS) is 1. The van der Waals surface area contributed by atoms with E-state index in [0.29, 0.717) is 12.8 Å². The van der Waals surface area contributed by atoms with Gasteiger partial charge in [-0.05, 0) is 46.9 Å².